The molecular formula is C11H12F3NO3S. The van der Waals surface area contributed by atoms with E-state index >= 15 is 0 Å². The number of hydrogen-bond donors (Lipinski definition) is 1. The number of sulfonamides is 1. The lowest BCUT2D eigenvalue weighted by Gasteiger charge is -2.44. The van der Waals surface area contributed by atoms with Crippen molar-refractivity contribution in [3.63, 3.8) is 0 Å². The molecule has 0 bridgehead atoms. The molecule has 4 nitrogen and oxygen atoms in total. The number of nitrogens with zero attached hydrogens (tertiary/aromatic N) is 1. The maximum Gasteiger partial charge on any atom is 0.246 e. The van der Waals surface area contributed by atoms with Gasteiger partial charge >= 0.3 is 0 Å². The van der Waals surface area contributed by atoms with Crippen molar-refractivity contribution >= 4 is 10.0 Å². The second-order valence-corrected chi connectivity index (χ2v) is 6.43. The van der Waals surface area contributed by atoms with Gasteiger partial charge in [-0.25, -0.2) is 21.6 Å². The molecule has 1 heterocycles. The molecule has 0 unspecified atom stereocenters. The van der Waals surface area contributed by atoms with Gasteiger partial charge in [-0.1, -0.05) is 6.92 Å². The zero-order valence-electron chi connectivity index (χ0n) is 10.0. The third kappa shape index (κ3) is 2.24. The molecule has 8 heteroatoms. The van der Waals surface area contributed by atoms with E-state index in [1.807, 2.05) is 0 Å². The third-order valence-electron chi connectivity index (χ3n) is 3.22. The topological polar surface area (TPSA) is 57.6 Å². The van der Waals surface area contributed by atoms with Crippen LogP contribution in [0.2, 0.25) is 0 Å². The zero-order chi connectivity index (χ0) is 14.4. The molecule has 0 radical (unpaired) electrons. The van der Waals surface area contributed by atoms with Crippen molar-refractivity contribution in [3.8, 4) is 0 Å². The smallest absolute Gasteiger partial charge is 0.246 e. The first-order valence-electron chi connectivity index (χ1n) is 5.57. The number of hydrogen-bond acceptors (Lipinski definition) is 3. The minimum absolute atomic E-state index is 0.190. The van der Waals surface area contributed by atoms with E-state index in [2.05, 4.69) is 0 Å². The minimum atomic E-state index is -4.26. The summed E-state index contributed by atoms with van der Waals surface area (Å²) in [4.78, 5) is -0.926. The molecule has 106 valence electrons. The van der Waals surface area contributed by atoms with Crippen molar-refractivity contribution in [1.29, 1.82) is 0 Å². The predicted octanol–water partition coefficient (Wildman–Crippen LogP) is 1.25. The fraction of sp³-hybridized carbons (Fsp3) is 0.455. The molecule has 0 saturated carbocycles. The molecule has 1 fully saturated rings. The number of aliphatic hydroxyl groups is 1. The van der Waals surface area contributed by atoms with Crippen LogP contribution in [0.1, 0.15) is 13.3 Å². The quantitative estimate of drug-likeness (QED) is 0.854. The molecule has 1 N–H and O–H groups in total. The van der Waals surface area contributed by atoms with Crippen molar-refractivity contribution in [2.24, 2.45) is 0 Å². The lowest BCUT2D eigenvalue weighted by molar-refractivity contribution is -0.0614. The van der Waals surface area contributed by atoms with E-state index in [0.717, 1.165) is 4.31 Å². The highest BCUT2D eigenvalue weighted by Gasteiger charge is 2.46. The molecule has 1 aromatic rings. The van der Waals surface area contributed by atoms with Crippen molar-refractivity contribution in [2.75, 3.05) is 13.1 Å². The summed E-state index contributed by atoms with van der Waals surface area (Å²) in [5, 5.41) is 9.73. The van der Waals surface area contributed by atoms with Gasteiger partial charge in [-0.3, -0.25) is 0 Å². The van der Waals surface area contributed by atoms with Gasteiger partial charge in [0.15, 0.2) is 17.5 Å². The highest BCUT2D eigenvalue weighted by atomic mass is 32.2. The van der Waals surface area contributed by atoms with Crippen LogP contribution in [0.15, 0.2) is 17.0 Å². The van der Waals surface area contributed by atoms with Crippen LogP contribution in [0.4, 0.5) is 13.2 Å². The molecule has 1 aliphatic heterocycles. The summed E-state index contributed by atoms with van der Waals surface area (Å²) in [5.41, 5.74) is -1.14. The first kappa shape index (κ1) is 14.3. The Morgan fingerprint density at radius 3 is 2.37 bits per heavy atom. The minimum Gasteiger partial charge on any atom is -0.387 e. The fourth-order valence-corrected chi connectivity index (χ4v) is 3.51. The van der Waals surface area contributed by atoms with Crippen LogP contribution in [-0.4, -0.2) is 36.5 Å². The van der Waals surface area contributed by atoms with Gasteiger partial charge in [0.05, 0.1) is 5.60 Å². The van der Waals surface area contributed by atoms with Gasteiger partial charge in [0, 0.05) is 13.1 Å². The SMILES string of the molecule is CCC1(O)CN(S(=O)(=O)c2ccc(F)c(F)c2F)C1. The molecule has 1 aliphatic rings. The Balaban J connectivity index is 2.35. The van der Waals surface area contributed by atoms with E-state index < -0.39 is 38.0 Å². The van der Waals surface area contributed by atoms with Gasteiger partial charge < -0.3 is 5.11 Å². The van der Waals surface area contributed by atoms with Crippen LogP contribution >= 0.6 is 0 Å². The first-order valence-corrected chi connectivity index (χ1v) is 7.01. The third-order valence-corrected chi connectivity index (χ3v) is 5.03. The Bertz CT molecular complexity index is 612. The molecule has 0 amide bonds. The number of benzene rings is 1. The van der Waals surface area contributed by atoms with E-state index in [1.165, 1.54) is 0 Å². The van der Waals surface area contributed by atoms with E-state index in [-0.39, 0.29) is 13.1 Å². The average molecular weight is 295 g/mol. The molecule has 1 saturated heterocycles. The monoisotopic (exact) mass is 295 g/mol. The lowest BCUT2D eigenvalue weighted by atomic mass is 9.94. The van der Waals surface area contributed by atoms with Gasteiger partial charge in [0.25, 0.3) is 0 Å². The van der Waals surface area contributed by atoms with Crippen LogP contribution in [0.5, 0.6) is 0 Å². The van der Waals surface area contributed by atoms with E-state index in [0.29, 0.717) is 18.6 Å². The van der Waals surface area contributed by atoms with Crippen LogP contribution < -0.4 is 0 Å². The van der Waals surface area contributed by atoms with Gasteiger partial charge in [-0.2, -0.15) is 4.31 Å². The molecule has 19 heavy (non-hydrogen) atoms. The standard InChI is InChI=1S/C11H12F3NO3S/c1-2-11(16)5-15(6-11)19(17,18)8-4-3-7(12)9(13)10(8)14/h3-4,16H,2,5-6H2,1H3. The second kappa shape index (κ2) is 4.46. The lowest BCUT2D eigenvalue weighted by Crippen LogP contribution is -2.62. The average Bonchev–Trinajstić information content (AvgIpc) is 2.31. The van der Waals surface area contributed by atoms with Crippen molar-refractivity contribution in [1.82, 2.24) is 4.31 Å². The van der Waals surface area contributed by atoms with Crippen LogP contribution in [0.25, 0.3) is 0 Å². The number of halogens is 3. The fourth-order valence-electron chi connectivity index (χ4n) is 1.85. The van der Waals surface area contributed by atoms with Gasteiger partial charge in [-0.05, 0) is 18.6 Å². The van der Waals surface area contributed by atoms with Gasteiger partial charge in [0.2, 0.25) is 10.0 Å². The maximum atomic E-state index is 13.5. The maximum absolute atomic E-state index is 13.5. The molecule has 0 atom stereocenters. The van der Waals surface area contributed by atoms with Crippen molar-refractivity contribution < 1.29 is 26.7 Å². The summed E-state index contributed by atoms with van der Waals surface area (Å²) < 4.78 is 64.1. The molecule has 0 aliphatic carbocycles. The Morgan fingerprint density at radius 2 is 1.84 bits per heavy atom. The second-order valence-electron chi connectivity index (χ2n) is 4.52. The molecule has 1 aromatic carbocycles. The first-order chi connectivity index (χ1) is 8.71. The van der Waals surface area contributed by atoms with E-state index in [9.17, 15) is 26.7 Å². The molecule has 2 rings (SSSR count). The highest BCUT2D eigenvalue weighted by molar-refractivity contribution is 7.89. The highest BCUT2D eigenvalue weighted by Crippen LogP contribution is 2.31. The summed E-state index contributed by atoms with van der Waals surface area (Å²) in [6.45, 7) is 1.30. The largest absolute Gasteiger partial charge is 0.387 e. The summed E-state index contributed by atoms with van der Waals surface area (Å²) >= 11 is 0. The Kier molecular flexibility index (Phi) is 3.36. The van der Waals surface area contributed by atoms with E-state index in [1.54, 1.807) is 6.92 Å². The number of β-amino-alcohol motifs (C(OH)–C–C–N with tert-alkyl or cyclic N) is 1. The zero-order valence-corrected chi connectivity index (χ0v) is 10.8. The molecule has 0 aromatic heterocycles. The predicted molar refractivity (Wildman–Crippen MR) is 60.3 cm³/mol. The van der Waals surface area contributed by atoms with Gasteiger partial charge in [-0.15, -0.1) is 0 Å². The molecule has 0 spiro atoms. The summed E-state index contributed by atoms with van der Waals surface area (Å²) in [6, 6.07) is 1.23. The summed E-state index contributed by atoms with van der Waals surface area (Å²) in [6.07, 6.45) is 0.347. The normalized spacial score (nSPS) is 19.2. The summed E-state index contributed by atoms with van der Waals surface area (Å²) in [5.74, 6) is -5.02. The van der Waals surface area contributed by atoms with Gasteiger partial charge in [0.1, 0.15) is 4.90 Å². The van der Waals surface area contributed by atoms with E-state index in [4.69, 9.17) is 0 Å². The Morgan fingerprint density at radius 1 is 1.26 bits per heavy atom. The van der Waals surface area contributed by atoms with Crippen LogP contribution in [0.3, 0.4) is 0 Å². The van der Waals surface area contributed by atoms with Crippen LogP contribution in [-0.2, 0) is 10.0 Å². The molecular weight excluding hydrogens is 283 g/mol. The van der Waals surface area contributed by atoms with Crippen molar-refractivity contribution in [2.45, 2.75) is 23.8 Å². The van der Waals surface area contributed by atoms with Crippen molar-refractivity contribution in [3.05, 3.63) is 29.6 Å². The Hall–Kier alpha value is -1.12. The summed E-state index contributed by atoms with van der Waals surface area (Å²) in [7, 11) is -4.26. The van der Waals surface area contributed by atoms with Crippen LogP contribution in [0, 0.1) is 17.5 Å². The Labute approximate surface area is 108 Å². The number of rotatable bonds is 3.